The van der Waals surface area contributed by atoms with Gasteiger partial charge in [0, 0.05) is 12.5 Å². The summed E-state index contributed by atoms with van der Waals surface area (Å²) < 4.78 is 0. The summed E-state index contributed by atoms with van der Waals surface area (Å²) in [5.74, 6) is 1.87. The average Bonchev–Trinajstić information content (AvgIpc) is 2.27. The molecular weight excluding hydrogens is 200 g/mol. The Labute approximate surface area is 99.4 Å². The van der Waals surface area contributed by atoms with Crippen LogP contribution in [-0.4, -0.2) is 26.0 Å². The van der Waals surface area contributed by atoms with E-state index in [4.69, 9.17) is 0 Å². The van der Waals surface area contributed by atoms with Gasteiger partial charge in [0.25, 0.3) is 0 Å². The Morgan fingerprint density at radius 3 is 2.44 bits per heavy atom. The molecule has 1 rings (SSSR count). The second kappa shape index (κ2) is 6.89. The molecule has 1 fully saturated rings. The summed E-state index contributed by atoms with van der Waals surface area (Å²) in [6.07, 6.45) is 4.58. The fraction of sp³-hybridized carbons (Fsp3) is 0.923. The predicted octanol–water partition coefficient (Wildman–Crippen LogP) is 1.78. The van der Waals surface area contributed by atoms with E-state index in [0.29, 0.717) is 5.92 Å². The minimum atomic E-state index is 0.273. The van der Waals surface area contributed by atoms with Gasteiger partial charge < -0.3 is 10.6 Å². The van der Waals surface area contributed by atoms with E-state index in [2.05, 4.69) is 24.5 Å². The van der Waals surface area contributed by atoms with Gasteiger partial charge in [0.15, 0.2) is 0 Å². The summed E-state index contributed by atoms with van der Waals surface area (Å²) >= 11 is 0. The first-order valence-corrected chi connectivity index (χ1v) is 6.55. The minimum Gasteiger partial charge on any atom is -0.356 e. The Kier molecular flexibility index (Phi) is 5.81. The quantitative estimate of drug-likeness (QED) is 0.750. The standard InChI is InChI=1S/C13H26N2O/c1-10-4-6-12(7-5-10)13(16)15-9-11(2)8-14-3/h10-12,14H,4-9H2,1-3H3,(H,15,16). The van der Waals surface area contributed by atoms with Crippen LogP contribution in [-0.2, 0) is 4.79 Å². The van der Waals surface area contributed by atoms with Crippen LogP contribution in [0, 0.1) is 17.8 Å². The molecule has 0 saturated heterocycles. The normalized spacial score (nSPS) is 27.4. The molecule has 1 amide bonds. The van der Waals surface area contributed by atoms with E-state index in [1.165, 1.54) is 12.8 Å². The van der Waals surface area contributed by atoms with Crippen molar-refractivity contribution in [2.24, 2.45) is 17.8 Å². The van der Waals surface area contributed by atoms with Crippen molar-refractivity contribution < 1.29 is 4.79 Å². The first-order chi connectivity index (χ1) is 7.63. The Balaban J connectivity index is 2.19. The molecule has 0 aliphatic heterocycles. The van der Waals surface area contributed by atoms with Crippen LogP contribution in [0.3, 0.4) is 0 Å². The van der Waals surface area contributed by atoms with Crippen LogP contribution in [0.25, 0.3) is 0 Å². The van der Waals surface area contributed by atoms with Gasteiger partial charge in [-0.3, -0.25) is 4.79 Å². The van der Waals surface area contributed by atoms with Crippen LogP contribution in [0.15, 0.2) is 0 Å². The molecule has 0 aromatic carbocycles. The second-order valence-corrected chi connectivity index (χ2v) is 5.36. The molecule has 16 heavy (non-hydrogen) atoms. The van der Waals surface area contributed by atoms with Crippen molar-refractivity contribution in [2.75, 3.05) is 20.1 Å². The highest BCUT2D eigenvalue weighted by Gasteiger charge is 2.24. The molecule has 94 valence electrons. The highest BCUT2D eigenvalue weighted by atomic mass is 16.1. The van der Waals surface area contributed by atoms with Crippen molar-refractivity contribution in [3.05, 3.63) is 0 Å². The largest absolute Gasteiger partial charge is 0.356 e. The lowest BCUT2D eigenvalue weighted by molar-refractivity contribution is -0.126. The molecule has 0 aromatic rings. The Morgan fingerprint density at radius 1 is 1.25 bits per heavy atom. The lowest BCUT2D eigenvalue weighted by Crippen LogP contribution is -2.37. The average molecular weight is 226 g/mol. The Hall–Kier alpha value is -0.570. The molecule has 2 N–H and O–H groups in total. The number of nitrogens with one attached hydrogen (secondary N) is 2. The lowest BCUT2D eigenvalue weighted by atomic mass is 9.82. The van der Waals surface area contributed by atoms with E-state index in [0.717, 1.165) is 31.8 Å². The van der Waals surface area contributed by atoms with Crippen molar-refractivity contribution in [1.82, 2.24) is 10.6 Å². The van der Waals surface area contributed by atoms with Gasteiger partial charge in [-0.25, -0.2) is 0 Å². The zero-order valence-corrected chi connectivity index (χ0v) is 10.9. The topological polar surface area (TPSA) is 41.1 Å². The third-order valence-corrected chi connectivity index (χ3v) is 3.56. The summed E-state index contributed by atoms with van der Waals surface area (Å²) in [4.78, 5) is 11.9. The van der Waals surface area contributed by atoms with Crippen LogP contribution in [0.4, 0.5) is 0 Å². The lowest BCUT2D eigenvalue weighted by Gasteiger charge is -2.25. The molecule has 1 saturated carbocycles. The van der Waals surface area contributed by atoms with Crippen molar-refractivity contribution in [3.63, 3.8) is 0 Å². The van der Waals surface area contributed by atoms with E-state index >= 15 is 0 Å². The van der Waals surface area contributed by atoms with E-state index in [9.17, 15) is 4.79 Å². The summed E-state index contributed by atoms with van der Waals surface area (Å²) in [7, 11) is 1.95. The van der Waals surface area contributed by atoms with Crippen LogP contribution >= 0.6 is 0 Å². The monoisotopic (exact) mass is 226 g/mol. The number of carbonyl (C=O) groups excluding carboxylic acids is 1. The molecule has 0 heterocycles. The van der Waals surface area contributed by atoms with Crippen molar-refractivity contribution in [3.8, 4) is 0 Å². The molecule has 3 heteroatoms. The van der Waals surface area contributed by atoms with Gasteiger partial charge in [0.2, 0.25) is 5.91 Å². The van der Waals surface area contributed by atoms with Gasteiger partial charge in [-0.2, -0.15) is 0 Å². The fourth-order valence-electron chi connectivity index (χ4n) is 2.36. The SMILES string of the molecule is CNCC(C)CNC(=O)C1CCC(C)CC1. The van der Waals surface area contributed by atoms with Crippen molar-refractivity contribution in [2.45, 2.75) is 39.5 Å². The minimum absolute atomic E-state index is 0.273. The van der Waals surface area contributed by atoms with Gasteiger partial charge >= 0.3 is 0 Å². The molecule has 1 atom stereocenters. The predicted molar refractivity (Wildman–Crippen MR) is 67.2 cm³/mol. The maximum Gasteiger partial charge on any atom is 0.223 e. The third-order valence-electron chi connectivity index (χ3n) is 3.56. The van der Waals surface area contributed by atoms with Crippen molar-refractivity contribution >= 4 is 5.91 Å². The molecule has 1 unspecified atom stereocenters. The van der Waals surface area contributed by atoms with Gasteiger partial charge in [0.1, 0.15) is 0 Å². The molecule has 0 aromatic heterocycles. The van der Waals surface area contributed by atoms with Crippen LogP contribution < -0.4 is 10.6 Å². The first-order valence-electron chi connectivity index (χ1n) is 6.55. The zero-order chi connectivity index (χ0) is 12.0. The van der Waals surface area contributed by atoms with Gasteiger partial charge in [-0.1, -0.05) is 13.8 Å². The number of carbonyl (C=O) groups is 1. The molecule has 0 radical (unpaired) electrons. The third kappa shape index (κ3) is 4.52. The van der Waals surface area contributed by atoms with E-state index < -0.39 is 0 Å². The summed E-state index contributed by atoms with van der Waals surface area (Å²) in [6.45, 7) is 6.19. The molecule has 1 aliphatic carbocycles. The van der Waals surface area contributed by atoms with Crippen LogP contribution in [0.1, 0.15) is 39.5 Å². The fourth-order valence-corrected chi connectivity index (χ4v) is 2.36. The van der Waals surface area contributed by atoms with E-state index in [1.807, 2.05) is 7.05 Å². The molecule has 3 nitrogen and oxygen atoms in total. The number of rotatable bonds is 5. The number of hydrogen-bond acceptors (Lipinski definition) is 2. The van der Waals surface area contributed by atoms with E-state index in [1.54, 1.807) is 0 Å². The highest BCUT2D eigenvalue weighted by molar-refractivity contribution is 5.78. The van der Waals surface area contributed by atoms with Crippen molar-refractivity contribution in [1.29, 1.82) is 0 Å². The first kappa shape index (κ1) is 13.5. The summed E-state index contributed by atoms with van der Waals surface area (Å²) in [5, 5.41) is 6.20. The molecule has 0 bridgehead atoms. The summed E-state index contributed by atoms with van der Waals surface area (Å²) in [5.41, 5.74) is 0. The molecular formula is C13H26N2O. The zero-order valence-electron chi connectivity index (χ0n) is 10.9. The van der Waals surface area contributed by atoms with Crippen LogP contribution in [0.2, 0.25) is 0 Å². The second-order valence-electron chi connectivity index (χ2n) is 5.36. The number of amides is 1. The van der Waals surface area contributed by atoms with E-state index in [-0.39, 0.29) is 11.8 Å². The van der Waals surface area contributed by atoms with Gasteiger partial charge in [0.05, 0.1) is 0 Å². The smallest absolute Gasteiger partial charge is 0.223 e. The Bertz CT molecular complexity index is 210. The highest BCUT2D eigenvalue weighted by Crippen LogP contribution is 2.28. The van der Waals surface area contributed by atoms with Gasteiger partial charge in [-0.05, 0) is 51.1 Å². The van der Waals surface area contributed by atoms with Crippen LogP contribution in [0.5, 0.6) is 0 Å². The molecule has 0 spiro atoms. The molecule has 1 aliphatic rings. The number of hydrogen-bond donors (Lipinski definition) is 2. The maximum absolute atomic E-state index is 11.9. The van der Waals surface area contributed by atoms with Gasteiger partial charge in [-0.15, -0.1) is 0 Å². The summed E-state index contributed by atoms with van der Waals surface area (Å²) in [6, 6.07) is 0. The Morgan fingerprint density at radius 2 is 1.88 bits per heavy atom. The maximum atomic E-state index is 11.9.